The zero-order valence-electron chi connectivity index (χ0n) is 11.9. The zero-order chi connectivity index (χ0) is 15.8. The molecule has 0 unspecified atom stereocenters. The Bertz CT molecular complexity index is 510. The molecule has 0 aliphatic rings. The van der Waals surface area contributed by atoms with Gasteiger partial charge in [0.2, 0.25) is 0 Å². The van der Waals surface area contributed by atoms with Gasteiger partial charge in [-0.2, -0.15) is 0 Å². The number of carbonyl (C=O) groups excluding carboxylic acids is 2. The predicted molar refractivity (Wildman–Crippen MR) is 83.6 cm³/mol. The quantitative estimate of drug-likeness (QED) is 0.685. The number of benzene rings is 1. The van der Waals surface area contributed by atoms with Crippen molar-refractivity contribution in [3.05, 3.63) is 33.3 Å². The first kappa shape index (κ1) is 17.9. The van der Waals surface area contributed by atoms with Gasteiger partial charge >= 0.3 is 5.97 Å². The minimum Gasteiger partial charge on any atom is -0.465 e. The summed E-state index contributed by atoms with van der Waals surface area (Å²) in [7, 11) is 1.53. The van der Waals surface area contributed by atoms with Gasteiger partial charge in [0.25, 0.3) is 5.91 Å². The van der Waals surface area contributed by atoms with E-state index in [4.69, 9.17) is 21.1 Å². The number of hydrogen-bond donors (Lipinski definition) is 0. The Kier molecular flexibility index (Phi) is 7.71. The van der Waals surface area contributed by atoms with Crippen LogP contribution >= 0.6 is 27.5 Å². The summed E-state index contributed by atoms with van der Waals surface area (Å²) in [5, 5.41) is 0.514. The molecule has 0 fully saturated rings. The molecule has 0 aliphatic heterocycles. The standard InChI is InChI=1S/C14H17BrClNO4/c1-3-21-13(18)9-17(6-7-20-2)14(19)10-4-5-12(16)11(15)8-10/h4-5,8H,3,6-7,9H2,1-2H3. The second-order valence-corrected chi connectivity index (χ2v) is 5.41. The van der Waals surface area contributed by atoms with E-state index in [-0.39, 0.29) is 19.1 Å². The highest BCUT2D eigenvalue weighted by molar-refractivity contribution is 9.10. The Hall–Kier alpha value is -1.11. The Morgan fingerprint density at radius 2 is 2.10 bits per heavy atom. The van der Waals surface area contributed by atoms with Crippen molar-refractivity contribution < 1.29 is 19.1 Å². The molecule has 0 heterocycles. The van der Waals surface area contributed by atoms with Gasteiger partial charge in [0, 0.05) is 23.7 Å². The molecule has 0 aliphatic carbocycles. The van der Waals surface area contributed by atoms with Crippen LogP contribution < -0.4 is 0 Å². The van der Waals surface area contributed by atoms with Crippen molar-refractivity contribution in [2.75, 3.05) is 33.4 Å². The van der Waals surface area contributed by atoms with Gasteiger partial charge in [-0.05, 0) is 41.1 Å². The molecule has 0 saturated heterocycles. The van der Waals surface area contributed by atoms with Crippen molar-refractivity contribution >= 4 is 39.4 Å². The lowest BCUT2D eigenvalue weighted by atomic mass is 10.2. The lowest BCUT2D eigenvalue weighted by Crippen LogP contribution is -2.38. The molecule has 7 heteroatoms. The second-order valence-electron chi connectivity index (χ2n) is 4.15. The van der Waals surface area contributed by atoms with Crippen LogP contribution in [-0.4, -0.2) is 50.2 Å². The fourth-order valence-electron chi connectivity index (χ4n) is 1.63. The second kappa shape index (κ2) is 9.02. The van der Waals surface area contributed by atoms with Gasteiger partial charge in [-0.25, -0.2) is 0 Å². The van der Waals surface area contributed by atoms with Crippen LogP contribution in [0.4, 0.5) is 0 Å². The molecule has 0 atom stereocenters. The third kappa shape index (κ3) is 5.65. The van der Waals surface area contributed by atoms with E-state index in [1.54, 1.807) is 25.1 Å². The average molecular weight is 379 g/mol. The maximum atomic E-state index is 12.5. The third-order valence-electron chi connectivity index (χ3n) is 2.64. The van der Waals surface area contributed by atoms with Crippen molar-refractivity contribution in [3.63, 3.8) is 0 Å². The predicted octanol–water partition coefficient (Wildman–Crippen LogP) is 2.75. The van der Waals surface area contributed by atoms with Crippen molar-refractivity contribution in [1.29, 1.82) is 0 Å². The molecule has 5 nitrogen and oxygen atoms in total. The third-order valence-corrected chi connectivity index (χ3v) is 3.86. The van der Waals surface area contributed by atoms with Crippen LogP contribution in [-0.2, 0) is 14.3 Å². The fourth-order valence-corrected chi connectivity index (χ4v) is 2.12. The molecule has 1 amide bonds. The van der Waals surface area contributed by atoms with E-state index in [1.807, 2.05) is 0 Å². The van der Waals surface area contributed by atoms with Crippen molar-refractivity contribution in [3.8, 4) is 0 Å². The Balaban J connectivity index is 2.87. The number of nitrogens with zero attached hydrogens (tertiary/aromatic N) is 1. The maximum Gasteiger partial charge on any atom is 0.325 e. The first-order chi connectivity index (χ1) is 9.99. The summed E-state index contributed by atoms with van der Waals surface area (Å²) < 4.78 is 10.5. The van der Waals surface area contributed by atoms with Crippen LogP contribution in [0.1, 0.15) is 17.3 Å². The summed E-state index contributed by atoms with van der Waals surface area (Å²) >= 11 is 9.18. The molecule has 1 rings (SSSR count). The summed E-state index contributed by atoms with van der Waals surface area (Å²) in [6, 6.07) is 4.85. The fraction of sp³-hybridized carbons (Fsp3) is 0.429. The molecular formula is C14H17BrClNO4. The molecule has 0 aromatic heterocycles. The van der Waals surface area contributed by atoms with Gasteiger partial charge < -0.3 is 14.4 Å². The highest BCUT2D eigenvalue weighted by Gasteiger charge is 2.20. The zero-order valence-corrected chi connectivity index (χ0v) is 14.2. The molecule has 21 heavy (non-hydrogen) atoms. The number of hydrogen-bond acceptors (Lipinski definition) is 4. The SMILES string of the molecule is CCOC(=O)CN(CCOC)C(=O)c1ccc(Cl)c(Br)c1. The Morgan fingerprint density at radius 3 is 2.67 bits per heavy atom. The topological polar surface area (TPSA) is 55.8 Å². The van der Waals surface area contributed by atoms with E-state index in [0.717, 1.165) is 0 Å². The molecule has 116 valence electrons. The lowest BCUT2D eigenvalue weighted by molar-refractivity contribution is -0.143. The molecule has 1 aromatic carbocycles. The summed E-state index contributed by atoms with van der Waals surface area (Å²) in [6.45, 7) is 2.51. The van der Waals surface area contributed by atoms with Crippen LogP contribution in [0.15, 0.2) is 22.7 Å². The Labute approximate surface area is 137 Å². The van der Waals surface area contributed by atoms with Crippen LogP contribution in [0.2, 0.25) is 5.02 Å². The van der Waals surface area contributed by atoms with Gasteiger partial charge in [-0.1, -0.05) is 11.6 Å². The number of carbonyl (C=O) groups is 2. The molecule has 0 spiro atoms. The summed E-state index contributed by atoms with van der Waals surface area (Å²) in [4.78, 5) is 25.4. The van der Waals surface area contributed by atoms with Crippen LogP contribution in [0.25, 0.3) is 0 Å². The van der Waals surface area contributed by atoms with Gasteiger partial charge in [0.1, 0.15) is 6.54 Å². The molecular weight excluding hydrogens is 362 g/mol. The van der Waals surface area contributed by atoms with E-state index in [1.165, 1.54) is 12.0 Å². The van der Waals surface area contributed by atoms with Crippen LogP contribution in [0, 0.1) is 0 Å². The van der Waals surface area contributed by atoms with Gasteiger partial charge in [0.15, 0.2) is 0 Å². The summed E-state index contributed by atoms with van der Waals surface area (Å²) in [6.07, 6.45) is 0. The number of halogens is 2. The van der Waals surface area contributed by atoms with E-state index in [2.05, 4.69) is 15.9 Å². The number of ether oxygens (including phenoxy) is 2. The van der Waals surface area contributed by atoms with Crippen LogP contribution in [0.3, 0.4) is 0 Å². The number of esters is 1. The first-order valence-electron chi connectivity index (χ1n) is 6.38. The summed E-state index contributed by atoms with van der Waals surface area (Å²) in [5.41, 5.74) is 0.437. The summed E-state index contributed by atoms with van der Waals surface area (Å²) in [5.74, 6) is -0.729. The minimum absolute atomic E-state index is 0.115. The monoisotopic (exact) mass is 377 g/mol. The highest BCUT2D eigenvalue weighted by atomic mass is 79.9. The van der Waals surface area contributed by atoms with E-state index < -0.39 is 5.97 Å². The van der Waals surface area contributed by atoms with Gasteiger partial charge in [-0.15, -0.1) is 0 Å². The maximum absolute atomic E-state index is 12.5. The average Bonchev–Trinajstić information content (AvgIpc) is 2.46. The van der Waals surface area contributed by atoms with Gasteiger partial charge in [0.05, 0.1) is 18.2 Å². The van der Waals surface area contributed by atoms with Crippen molar-refractivity contribution in [1.82, 2.24) is 4.90 Å². The molecule has 0 N–H and O–H groups in total. The van der Waals surface area contributed by atoms with Crippen LogP contribution in [0.5, 0.6) is 0 Å². The number of rotatable bonds is 7. The number of methoxy groups -OCH3 is 1. The van der Waals surface area contributed by atoms with E-state index in [0.29, 0.717) is 28.2 Å². The number of amides is 1. The molecule has 0 radical (unpaired) electrons. The van der Waals surface area contributed by atoms with Gasteiger partial charge in [-0.3, -0.25) is 9.59 Å². The molecule has 1 aromatic rings. The highest BCUT2D eigenvalue weighted by Crippen LogP contribution is 2.23. The normalized spacial score (nSPS) is 10.3. The minimum atomic E-state index is -0.449. The van der Waals surface area contributed by atoms with E-state index >= 15 is 0 Å². The van der Waals surface area contributed by atoms with Crippen molar-refractivity contribution in [2.45, 2.75) is 6.92 Å². The first-order valence-corrected chi connectivity index (χ1v) is 7.55. The van der Waals surface area contributed by atoms with Crippen molar-refractivity contribution in [2.24, 2.45) is 0 Å². The largest absolute Gasteiger partial charge is 0.465 e. The molecule has 0 bridgehead atoms. The van der Waals surface area contributed by atoms with E-state index in [9.17, 15) is 9.59 Å². The Morgan fingerprint density at radius 1 is 1.38 bits per heavy atom. The lowest BCUT2D eigenvalue weighted by Gasteiger charge is -2.21. The smallest absolute Gasteiger partial charge is 0.325 e. The molecule has 0 saturated carbocycles.